The zero-order valence-corrected chi connectivity index (χ0v) is 17.7. The quantitative estimate of drug-likeness (QED) is 0.605. The number of benzene rings is 1. The molecule has 0 unspecified atom stereocenters. The number of hydrogen-bond donors (Lipinski definition) is 2. The van der Waals surface area contributed by atoms with E-state index in [-0.39, 0.29) is 36.9 Å². The Labute approximate surface area is 181 Å². The molecule has 1 aliphatic rings. The highest BCUT2D eigenvalue weighted by Crippen LogP contribution is 2.24. The van der Waals surface area contributed by atoms with Gasteiger partial charge in [0, 0.05) is 12.6 Å². The Hall–Kier alpha value is -2.93. The molecule has 0 radical (unpaired) electrons. The van der Waals surface area contributed by atoms with Crippen molar-refractivity contribution in [3.63, 3.8) is 0 Å². The lowest BCUT2D eigenvalue weighted by Gasteiger charge is -2.31. The molecular weight excluding hydrogens is 398 g/mol. The molecule has 0 aliphatic heterocycles. The maximum atomic E-state index is 13.2. The third-order valence-corrected chi connectivity index (χ3v) is 6.04. The van der Waals surface area contributed by atoms with Gasteiger partial charge in [0.05, 0.1) is 11.4 Å². The number of nitrogens with one attached hydrogen (secondary N) is 2. The molecule has 30 heavy (non-hydrogen) atoms. The second-order valence-electron chi connectivity index (χ2n) is 7.30. The first-order valence-corrected chi connectivity index (χ1v) is 11.1. The van der Waals surface area contributed by atoms with Crippen LogP contribution in [0, 0.1) is 0 Å². The molecule has 6 nitrogen and oxygen atoms in total. The Kier molecular flexibility index (Phi) is 7.79. The van der Waals surface area contributed by atoms with Crippen LogP contribution in [0.1, 0.15) is 47.0 Å². The minimum absolute atomic E-state index is 0.142. The van der Waals surface area contributed by atoms with Gasteiger partial charge in [0.2, 0.25) is 11.8 Å². The largest absolute Gasteiger partial charge is 0.351 e. The van der Waals surface area contributed by atoms with E-state index in [1.165, 1.54) is 16.2 Å². The van der Waals surface area contributed by atoms with E-state index < -0.39 is 6.04 Å². The molecule has 1 aromatic carbocycles. The first-order chi connectivity index (χ1) is 14.6. The molecule has 1 aromatic heterocycles. The molecule has 0 spiro atoms. The van der Waals surface area contributed by atoms with Gasteiger partial charge in [-0.05, 0) is 29.9 Å². The van der Waals surface area contributed by atoms with Gasteiger partial charge >= 0.3 is 0 Å². The summed E-state index contributed by atoms with van der Waals surface area (Å²) >= 11 is 1.31. The predicted molar refractivity (Wildman–Crippen MR) is 118 cm³/mol. The Bertz CT molecular complexity index is 861. The summed E-state index contributed by atoms with van der Waals surface area (Å²) in [5.41, 5.74) is 0.729. The average Bonchev–Trinajstić information content (AvgIpc) is 3.46. The van der Waals surface area contributed by atoms with Crippen molar-refractivity contribution in [3.05, 3.63) is 70.9 Å². The van der Waals surface area contributed by atoms with Gasteiger partial charge in [0.15, 0.2) is 0 Å². The molecule has 3 rings (SSSR count). The van der Waals surface area contributed by atoms with Crippen molar-refractivity contribution in [1.82, 2.24) is 15.5 Å². The van der Waals surface area contributed by atoms with Gasteiger partial charge in [-0.15, -0.1) is 17.9 Å². The molecule has 7 heteroatoms. The van der Waals surface area contributed by atoms with Crippen LogP contribution in [0.15, 0.2) is 60.5 Å². The first-order valence-electron chi connectivity index (χ1n) is 10.2. The van der Waals surface area contributed by atoms with Gasteiger partial charge in [0.1, 0.15) is 6.04 Å². The molecule has 158 valence electrons. The Balaban J connectivity index is 1.77. The molecular formula is C23H27N3O3S. The van der Waals surface area contributed by atoms with E-state index in [0.717, 1.165) is 31.2 Å². The van der Waals surface area contributed by atoms with Gasteiger partial charge in [-0.2, -0.15) is 0 Å². The second kappa shape index (κ2) is 10.7. The molecule has 1 fully saturated rings. The van der Waals surface area contributed by atoms with E-state index >= 15 is 0 Å². The zero-order chi connectivity index (χ0) is 21.3. The van der Waals surface area contributed by atoms with Gasteiger partial charge in [-0.3, -0.25) is 14.4 Å². The zero-order valence-electron chi connectivity index (χ0n) is 16.9. The summed E-state index contributed by atoms with van der Waals surface area (Å²) in [6, 6.07) is 12.1. The summed E-state index contributed by atoms with van der Waals surface area (Å²) in [7, 11) is 0. The molecule has 1 atom stereocenters. The standard InChI is InChI=1S/C23H27N3O3S/c1-2-14-26(20(27)16-24-22(28)19-13-8-15-30-19)21(17-9-4-3-5-10-17)23(29)25-18-11-6-7-12-18/h2-5,8-10,13,15,18,21H,1,6-7,11-12,14,16H2,(H,24,28)(H,25,29)/t21-/m1/s1. The average molecular weight is 426 g/mol. The highest BCUT2D eigenvalue weighted by molar-refractivity contribution is 7.12. The first kappa shape index (κ1) is 21.8. The normalized spacial score (nSPS) is 14.7. The number of nitrogens with zero attached hydrogens (tertiary/aromatic N) is 1. The lowest BCUT2D eigenvalue weighted by Crippen LogP contribution is -2.48. The third kappa shape index (κ3) is 5.57. The van der Waals surface area contributed by atoms with Crippen LogP contribution >= 0.6 is 11.3 Å². The second-order valence-corrected chi connectivity index (χ2v) is 8.25. The Morgan fingerprint density at radius 2 is 1.87 bits per heavy atom. The van der Waals surface area contributed by atoms with Crippen molar-refractivity contribution in [2.24, 2.45) is 0 Å². The van der Waals surface area contributed by atoms with E-state index in [1.54, 1.807) is 23.6 Å². The van der Waals surface area contributed by atoms with Gasteiger partial charge in [0.25, 0.3) is 5.91 Å². The third-order valence-electron chi connectivity index (χ3n) is 5.17. The predicted octanol–water partition coefficient (Wildman–Crippen LogP) is 3.29. The van der Waals surface area contributed by atoms with Crippen LogP contribution in [0.5, 0.6) is 0 Å². The van der Waals surface area contributed by atoms with Gasteiger partial charge < -0.3 is 15.5 Å². The molecule has 0 bridgehead atoms. The summed E-state index contributed by atoms with van der Waals surface area (Å²) < 4.78 is 0. The molecule has 2 aromatic rings. The van der Waals surface area contributed by atoms with Gasteiger partial charge in [-0.25, -0.2) is 0 Å². The Morgan fingerprint density at radius 3 is 2.50 bits per heavy atom. The lowest BCUT2D eigenvalue weighted by atomic mass is 10.0. The fourth-order valence-electron chi connectivity index (χ4n) is 3.70. The number of amides is 3. The fourth-order valence-corrected chi connectivity index (χ4v) is 4.34. The SMILES string of the molecule is C=CCN(C(=O)CNC(=O)c1cccs1)[C@@H](C(=O)NC1CCCC1)c1ccccc1. The maximum Gasteiger partial charge on any atom is 0.261 e. The van der Waals surface area contributed by atoms with Crippen LogP contribution in [0.2, 0.25) is 0 Å². The highest BCUT2D eigenvalue weighted by Gasteiger charge is 2.32. The van der Waals surface area contributed by atoms with Crippen molar-refractivity contribution in [2.45, 2.75) is 37.8 Å². The number of carbonyl (C=O) groups is 3. The van der Waals surface area contributed by atoms with E-state index in [0.29, 0.717) is 4.88 Å². The fraction of sp³-hybridized carbons (Fsp3) is 0.348. The minimum atomic E-state index is -0.782. The van der Waals surface area contributed by atoms with E-state index in [1.807, 2.05) is 30.3 Å². The minimum Gasteiger partial charge on any atom is -0.351 e. The van der Waals surface area contributed by atoms with E-state index in [9.17, 15) is 14.4 Å². The summed E-state index contributed by atoms with van der Waals surface area (Å²) in [6.07, 6.45) is 5.72. The molecule has 1 heterocycles. The number of thiophene rings is 1. The van der Waals surface area contributed by atoms with Crippen molar-refractivity contribution in [2.75, 3.05) is 13.1 Å². The van der Waals surface area contributed by atoms with Crippen LogP contribution in [0.25, 0.3) is 0 Å². The summed E-state index contributed by atoms with van der Waals surface area (Å²) in [5.74, 6) is -0.841. The van der Waals surface area contributed by atoms with Crippen LogP contribution in [0.4, 0.5) is 0 Å². The van der Waals surface area contributed by atoms with E-state index in [2.05, 4.69) is 17.2 Å². The van der Waals surface area contributed by atoms with Crippen molar-refractivity contribution >= 4 is 29.1 Å². The van der Waals surface area contributed by atoms with E-state index in [4.69, 9.17) is 0 Å². The number of rotatable bonds is 9. The summed E-state index contributed by atoms with van der Waals surface area (Å²) in [6.45, 7) is 3.76. The monoisotopic (exact) mass is 425 g/mol. The molecule has 3 amide bonds. The molecule has 0 saturated heterocycles. The van der Waals surface area contributed by atoms with Crippen LogP contribution in [-0.4, -0.2) is 41.8 Å². The molecule has 1 aliphatic carbocycles. The number of carbonyl (C=O) groups excluding carboxylic acids is 3. The number of hydrogen-bond acceptors (Lipinski definition) is 4. The Morgan fingerprint density at radius 1 is 1.13 bits per heavy atom. The molecule has 1 saturated carbocycles. The van der Waals surface area contributed by atoms with Crippen molar-refractivity contribution in [3.8, 4) is 0 Å². The van der Waals surface area contributed by atoms with Crippen molar-refractivity contribution in [1.29, 1.82) is 0 Å². The highest BCUT2D eigenvalue weighted by atomic mass is 32.1. The summed E-state index contributed by atoms with van der Waals surface area (Å²) in [4.78, 5) is 40.5. The van der Waals surface area contributed by atoms with Gasteiger partial charge in [-0.1, -0.05) is 55.3 Å². The van der Waals surface area contributed by atoms with Crippen LogP contribution < -0.4 is 10.6 Å². The molecule has 2 N–H and O–H groups in total. The topological polar surface area (TPSA) is 78.5 Å². The smallest absolute Gasteiger partial charge is 0.261 e. The van der Waals surface area contributed by atoms with Crippen LogP contribution in [0.3, 0.4) is 0 Å². The van der Waals surface area contributed by atoms with Crippen LogP contribution in [-0.2, 0) is 9.59 Å². The lowest BCUT2D eigenvalue weighted by molar-refractivity contribution is -0.139. The van der Waals surface area contributed by atoms with Crippen molar-refractivity contribution < 1.29 is 14.4 Å². The maximum absolute atomic E-state index is 13.2. The summed E-state index contributed by atoms with van der Waals surface area (Å²) in [5, 5.41) is 7.57.